The molecular formula is C21H24N2O2. The monoisotopic (exact) mass is 336 g/mol. The third kappa shape index (κ3) is 3.97. The van der Waals surface area contributed by atoms with Crippen LogP contribution < -0.4 is 0 Å². The summed E-state index contributed by atoms with van der Waals surface area (Å²) in [4.78, 5) is 29.6. The van der Waals surface area contributed by atoms with Crippen LogP contribution >= 0.6 is 0 Å². The summed E-state index contributed by atoms with van der Waals surface area (Å²) in [5.74, 6) is -0.119. The Labute approximate surface area is 149 Å². The van der Waals surface area contributed by atoms with Crippen molar-refractivity contribution < 1.29 is 9.59 Å². The van der Waals surface area contributed by atoms with Crippen LogP contribution in [-0.2, 0) is 4.79 Å². The van der Waals surface area contributed by atoms with Gasteiger partial charge in [0.15, 0.2) is 5.78 Å². The van der Waals surface area contributed by atoms with E-state index in [0.717, 1.165) is 31.7 Å². The number of carbonyl (C=O) groups is 2. The number of rotatable bonds is 4. The Kier molecular flexibility index (Phi) is 5.29. The van der Waals surface area contributed by atoms with Gasteiger partial charge in [0.1, 0.15) is 0 Å². The van der Waals surface area contributed by atoms with Gasteiger partial charge < -0.3 is 9.80 Å². The summed E-state index contributed by atoms with van der Waals surface area (Å²) in [6, 6.07) is 16.7. The highest BCUT2D eigenvalue weighted by molar-refractivity contribution is 6.09. The molecule has 0 aliphatic carbocycles. The molecule has 1 heterocycles. The van der Waals surface area contributed by atoms with Gasteiger partial charge in [-0.2, -0.15) is 0 Å². The molecule has 1 amide bonds. The molecule has 2 aromatic carbocycles. The van der Waals surface area contributed by atoms with E-state index in [0.29, 0.717) is 11.1 Å². The fourth-order valence-corrected chi connectivity index (χ4v) is 3.15. The van der Waals surface area contributed by atoms with Crippen LogP contribution in [0.3, 0.4) is 0 Å². The van der Waals surface area contributed by atoms with Crippen molar-refractivity contribution in [2.75, 3.05) is 33.2 Å². The molecule has 0 aromatic heterocycles. The Morgan fingerprint density at radius 3 is 2.20 bits per heavy atom. The quantitative estimate of drug-likeness (QED) is 0.806. The first kappa shape index (κ1) is 17.4. The molecular weight excluding hydrogens is 312 g/mol. The Hall–Kier alpha value is -2.46. The van der Waals surface area contributed by atoms with Crippen LogP contribution in [0.5, 0.6) is 0 Å². The number of nitrogens with zero attached hydrogens (tertiary/aromatic N) is 2. The highest BCUT2D eigenvalue weighted by Gasteiger charge is 2.25. The molecule has 4 heteroatoms. The first-order valence-corrected chi connectivity index (χ1v) is 8.73. The first-order chi connectivity index (χ1) is 12.1. The van der Waals surface area contributed by atoms with Crippen LogP contribution in [0.15, 0.2) is 54.6 Å². The molecule has 1 atom stereocenters. The minimum atomic E-state index is -0.244. The van der Waals surface area contributed by atoms with E-state index in [2.05, 4.69) is 11.9 Å². The van der Waals surface area contributed by atoms with Crippen molar-refractivity contribution in [1.82, 2.24) is 9.80 Å². The van der Waals surface area contributed by atoms with Crippen LogP contribution in [0.25, 0.3) is 0 Å². The van der Waals surface area contributed by atoms with E-state index >= 15 is 0 Å². The average Bonchev–Trinajstić information content (AvgIpc) is 2.67. The summed E-state index contributed by atoms with van der Waals surface area (Å²) >= 11 is 0. The summed E-state index contributed by atoms with van der Waals surface area (Å²) < 4.78 is 0. The molecule has 0 N–H and O–H groups in total. The summed E-state index contributed by atoms with van der Waals surface area (Å²) in [5, 5.41) is 0. The van der Waals surface area contributed by atoms with Gasteiger partial charge in [-0.15, -0.1) is 0 Å². The van der Waals surface area contributed by atoms with E-state index in [-0.39, 0.29) is 17.6 Å². The second kappa shape index (κ2) is 7.62. The zero-order chi connectivity index (χ0) is 17.8. The Morgan fingerprint density at radius 2 is 1.52 bits per heavy atom. The van der Waals surface area contributed by atoms with E-state index in [1.54, 1.807) is 0 Å². The molecule has 0 spiro atoms. The van der Waals surface area contributed by atoms with Crippen molar-refractivity contribution >= 4 is 11.7 Å². The number of ketones is 1. The Morgan fingerprint density at radius 1 is 0.880 bits per heavy atom. The van der Waals surface area contributed by atoms with Gasteiger partial charge in [0.05, 0.1) is 5.92 Å². The maximum atomic E-state index is 12.8. The van der Waals surface area contributed by atoms with Crippen molar-refractivity contribution in [3.05, 3.63) is 71.3 Å². The topological polar surface area (TPSA) is 40.6 Å². The summed E-state index contributed by atoms with van der Waals surface area (Å²) in [6.07, 6.45) is 0. The van der Waals surface area contributed by atoms with Crippen LogP contribution in [0, 0.1) is 0 Å². The number of hydrogen-bond acceptors (Lipinski definition) is 3. The van der Waals surface area contributed by atoms with E-state index in [1.807, 2.05) is 66.4 Å². The van der Waals surface area contributed by atoms with E-state index < -0.39 is 0 Å². The first-order valence-electron chi connectivity index (χ1n) is 8.73. The van der Waals surface area contributed by atoms with Gasteiger partial charge in [0.25, 0.3) is 0 Å². The molecule has 1 saturated heterocycles. The highest BCUT2D eigenvalue weighted by Crippen LogP contribution is 2.21. The molecule has 1 unspecified atom stereocenters. The van der Waals surface area contributed by atoms with Gasteiger partial charge in [0, 0.05) is 37.3 Å². The molecule has 1 aliphatic rings. The lowest BCUT2D eigenvalue weighted by atomic mass is 9.94. The van der Waals surface area contributed by atoms with E-state index in [1.165, 1.54) is 0 Å². The fourth-order valence-electron chi connectivity index (χ4n) is 3.15. The smallest absolute Gasteiger partial charge is 0.229 e. The van der Waals surface area contributed by atoms with Crippen molar-refractivity contribution in [2.24, 2.45) is 0 Å². The molecule has 3 rings (SSSR count). The number of benzene rings is 2. The van der Waals surface area contributed by atoms with Crippen LogP contribution in [-0.4, -0.2) is 54.7 Å². The molecule has 0 radical (unpaired) electrons. The van der Waals surface area contributed by atoms with Crippen molar-refractivity contribution in [3.63, 3.8) is 0 Å². The van der Waals surface area contributed by atoms with Crippen molar-refractivity contribution in [1.29, 1.82) is 0 Å². The minimum Gasteiger partial charge on any atom is -0.340 e. The molecule has 0 saturated carbocycles. The summed E-state index contributed by atoms with van der Waals surface area (Å²) in [7, 11) is 2.07. The lowest BCUT2D eigenvalue weighted by Crippen LogP contribution is -2.48. The van der Waals surface area contributed by atoms with Gasteiger partial charge in [0.2, 0.25) is 5.91 Å². The lowest BCUT2D eigenvalue weighted by Gasteiger charge is -2.34. The standard InChI is InChI=1S/C21H24N2O2/c1-16(21(25)23-13-11-22(2)12-14-23)18-9-6-10-19(15-18)20(24)17-7-4-3-5-8-17/h3-10,15-16H,11-14H2,1-2H3. The summed E-state index contributed by atoms with van der Waals surface area (Å²) in [5.41, 5.74) is 2.19. The number of amides is 1. The lowest BCUT2D eigenvalue weighted by molar-refractivity contribution is -0.134. The third-order valence-electron chi connectivity index (χ3n) is 4.87. The Balaban J connectivity index is 1.76. The van der Waals surface area contributed by atoms with Gasteiger partial charge in [-0.3, -0.25) is 9.59 Å². The van der Waals surface area contributed by atoms with Crippen molar-refractivity contribution in [3.8, 4) is 0 Å². The average molecular weight is 336 g/mol. The number of likely N-dealkylation sites (N-methyl/N-ethyl adjacent to an activating group) is 1. The zero-order valence-corrected chi connectivity index (χ0v) is 14.8. The minimum absolute atomic E-state index is 0.0123. The van der Waals surface area contributed by atoms with Crippen LogP contribution in [0.4, 0.5) is 0 Å². The zero-order valence-electron chi connectivity index (χ0n) is 14.8. The molecule has 130 valence electrons. The van der Waals surface area contributed by atoms with Crippen LogP contribution in [0.2, 0.25) is 0 Å². The molecule has 25 heavy (non-hydrogen) atoms. The van der Waals surface area contributed by atoms with E-state index in [4.69, 9.17) is 0 Å². The fraction of sp³-hybridized carbons (Fsp3) is 0.333. The molecule has 0 bridgehead atoms. The van der Waals surface area contributed by atoms with Crippen LogP contribution in [0.1, 0.15) is 34.3 Å². The molecule has 1 aliphatic heterocycles. The normalized spacial score (nSPS) is 16.5. The number of piperazine rings is 1. The van der Waals surface area contributed by atoms with E-state index in [9.17, 15) is 9.59 Å². The maximum absolute atomic E-state index is 12.8. The third-order valence-corrected chi connectivity index (χ3v) is 4.87. The predicted molar refractivity (Wildman–Crippen MR) is 98.8 cm³/mol. The number of carbonyl (C=O) groups excluding carboxylic acids is 2. The van der Waals surface area contributed by atoms with Crippen molar-refractivity contribution in [2.45, 2.75) is 12.8 Å². The molecule has 2 aromatic rings. The largest absolute Gasteiger partial charge is 0.340 e. The second-order valence-electron chi connectivity index (χ2n) is 6.67. The number of hydrogen-bond donors (Lipinski definition) is 0. The maximum Gasteiger partial charge on any atom is 0.229 e. The second-order valence-corrected chi connectivity index (χ2v) is 6.67. The predicted octanol–water partition coefficient (Wildman–Crippen LogP) is 2.80. The van der Waals surface area contributed by atoms with Gasteiger partial charge in [-0.05, 0) is 25.6 Å². The summed E-state index contributed by atoms with van der Waals surface area (Å²) in [6.45, 7) is 5.27. The van der Waals surface area contributed by atoms with Gasteiger partial charge in [-0.25, -0.2) is 0 Å². The SMILES string of the molecule is CC(C(=O)N1CCN(C)CC1)c1cccc(C(=O)c2ccccc2)c1. The highest BCUT2D eigenvalue weighted by atomic mass is 16.2. The van der Waals surface area contributed by atoms with Gasteiger partial charge >= 0.3 is 0 Å². The molecule has 4 nitrogen and oxygen atoms in total. The van der Waals surface area contributed by atoms with Gasteiger partial charge in [-0.1, -0.05) is 48.5 Å². The molecule has 1 fully saturated rings. The Bertz CT molecular complexity index is 750.